The molecule has 0 atom stereocenters. The zero-order chi connectivity index (χ0) is 15.4. The molecule has 110 valence electrons. The van der Waals surface area contributed by atoms with Gasteiger partial charge in [-0.05, 0) is 25.5 Å². The highest BCUT2D eigenvalue weighted by atomic mass is 16.4. The van der Waals surface area contributed by atoms with Gasteiger partial charge in [-0.2, -0.15) is 0 Å². The summed E-state index contributed by atoms with van der Waals surface area (Å²) in [6.45, 7) is 3.21. The van der Waals surface area contributed by atoms with E-state index in [2.05, 4.69) is 15.3 Å². The van der Waals surface area contributed by atoms with Crippen molar-refractivity contribution in [3.63, 3.8) is 0 Å². The number of hydrogen-bond acceptors (Lipinski definition) is 5. The van der Waals surface area contributed by atoms with E-state index in [4.69, 9.17) is 5.11 Å². The van der Waals surface area contributed by atoms with E-state index in [1.807, 2.05) is 6.92 Å². The van der Waals surface area contributed by atoms with Crippen LogP contribution < -0.4 is 10.9 Å². The number of aliphatic carboxylic acids is 1. The smallest absolute Gasteiger partial charge is 0.323 e. The van der Waals surface area contributed by atoms with Gasteiger partial charge in [0.25, 0.3) is 5.56 Å². The second kappa shape index (κ2) is 6.17. The maximum atomic E-state index is 12.3. The van der Waals surface area contributed by atoms with Gasteiger partial charge in [-0.3, -0.25) is 19.1 Å². The molecule has 0 unspecified atom stereocenters. The van der Waals surface area contributed by atoms with E-state index in [-0.39, 0.29) is 5.82 Å². The molecular formula is C14H16N4O3. The molecule has 21 heavy (non-hydrogen) atoms. The minimum atomic E-state index is -1.08. The van der Waals surface area contributed by atoms with Crippen LogP contribution >= 0.6 is 0 Å². The lowest BCUT2D eigenvalue weighted by Gasteiger charge is -2.12. The highest BCUT2D eigenvalue weighted by molar-refractivity contribution is 5.67. The monoisotopic (exact) mass is 288 g/mol. The van der Waals surface area contributed by atoms with Crippen LogP contribution in [-0.4, -0.2) is 25.6 Å². The number of carboxylic acids is 1. The number of aryl methyl sites for hydroxylation is 2. The van der Waals surface area contributed by atoms with Crippen LogP contribution in [0, 0.1) is 6.92 Å². The number of nitrogens with zero attached hydrogens (tertiary/aromatic N) is 3. The SMILES string of the molecule is CCc1ncccc1Nc1ncc(C)n(CC(=O)O)c1=O. The number of anilines is 2. The lowest BCUT2D eigenvalue weighted by Crippen LogP contribution is -2.28. The molecule has 0 saturated heterocycles. The van der Waals surface area contributed by atoms with E-state index in [1.165, 1.54) is 10.8 Å². The summed E-state index contributed by atoms with van der Waals surface area (Å²) < 4.78 is 1.17. The average Bonchev–Trinajstić information content (AvgIpc) is 2.46. The van der Waals surface area contributed by atoms with Crippen LogP contribution in [0.25, 0.3) is 0 Å². The molecule has 0 aliphatic rings. The number of nitrogens with one attached hydrogen (secondary N) is 1. The highest BCUT2D eigenvalue weighted by Gasteiger charge is 2.12. The fourth-order valence-electron chi connectivity index (χ4n) is 1.95. The van der Waals surface area contributed by atoms with Gasteiger partial charge in [0.1, 0.15) is 6.54 Å². The zero-order valence-electron chi connectivity index (χ0n) is 11.8. The van der Waals surface area contributed by atoms with Crippen LogP contribution in [0.4, 0.5) is 11.5 Å². The summed E-state index contributed by atoms with van der Waals surface area (Å²) in [5, 5.41) is 11.8. The predicted octanol–water partition coefficient (Wildman–Crippen LogP) is 1.34. The van der Waals surface area contributed by atoms with Gasteiger partial charge >= 0.3 is 5.97 Å². The Labute approximate surface area is 121 Å². The summed E-state index contributed by atoms with van der Waals surface area (Å²) in [6, 6.07) is 3.56. The topological polar surface area (TPSA) is 97.1 Å². The first-order valence-electron chi connectivity index (χ1n) is 6.52. The Balaban J connectivity index is 2.41. The molecule has 2 aromatic rings. The van der Waals surface area contributed by atoms with E-state index >= 15 is 0 Å². The molecule has 0 spiro atoms. The van der Waals surface area contributed by atoms with Crippen molar-refractivity contribution in [3.8, 4) is 0 Å². The van der Waals surface area contributed by atoms with Crippen LogP contribution in [0.15, 0.2) is 29.3 Å². The molecule has 0 saturated carbocycles. The van der Waals surface area contributed by atoms with Crippen molar-refractivity contribution < 1.29 is 9.90 Å². The van der Waals surface area contributed by atoms with E-state index in [1.54, 1.807) is 25.3 Å². The maximum Gasteiger partial charge on any atom is 0.323 e. The van der Waals surface area contributed by atoms with E-state index in [0.717, 1.165) is 5.69 Å². The van der Waals surface area contributed by atoms with E-state index in [9.17, 15) is 9.59 Å². The Hall–Kier alpha value is -2.70. The third-order valence-electron chi connectivity index (χ3n) is 3.03. The molecular weight excluding hydrogens is 272 g/mol. The lowest BCUT2D eigenvalue weighted by molar-refractivity contribution is -0.137. The van der Waals surface area contributed by atoms with Gasteiger partial charge < -0.3 is 10.4 Å². The molecule has 0 bridgehead atoms. The Morgan fingerprint density at radius 3 is 2.86 bits per heavy atom. The number of aromatic nitrogens is 3. The largest absolute Gasteiger partial charge is 0.480 e. The molecule has 0 aliphatic carbocycles. The Kier molecular flexibility index (Phi) is 4.32. The minimum absolute atomic E-state index is 0.0875. The Bertz CT molecular complexity index is 724. The summed E-state index contributed by atoms with van der Waals surface area (Å²) in [7, 11) is 0. The first-order valence-corrected chi connectivity index (χ1v) is 6.52. The highest BCUT2D eigenvalue weighted by Crippen LogP contribution is 2.16. The summed E-state index contributed by atoms with van der Waals surface area (Å²) in [5.74, 6) is -0.988. The van der Waals surface area contributed by atoms with Crippen molar-refractivity contribution in [1.82, 2.24) is 14.5 Å². The first kappa shape index (κ1) is 14.7. The number of pyridine rings is 1. The van der Waals surface area contributed by atoms with Crippen LogP contribution in [-0.2, 0) is 17.8 Å². The van der Waals surface area contributed by atoms with Crippen LogP contribution in [0.3, 0.4) is 0 Å². The molecule has 7 nitrogen and oxygen atoms in total. The van der Waals surface area contributed by atoms with Crippen molar-refractivity contribution in [2.24, 2.45) is 0 Å². The first-order chi connectivity index (χ1) is 10.0. The van der Waals surface area contributed by atoms with Gasteiger partial charge in [0, 0.05) is 18.1 Å². The van der Waals surface area contributed by atoms with Gasteiger partial charge in [-0.15, -0.1) is 0 Å². The fourth-order valence-corrected chi connectivity index (χ4v) is 1.95. The van der Waals surface area contributed by atoms with Gasteiger partial charge in [-0.25, -0.2) is 4.98 Å². The number of hydrogen-bond donors (Lipinski definition) is 2. The average molecular weight is 288 g/mol. The third kappa shape index (κ3) is 3.25. The third-order valence-corrected chi connectivity index (χ3v) is 3.03. The van der Waals surface area contributed by atoms with Crippen LogP contribution in [0.1, 0.15) is 18.3 Å². The molecule has 0 aliphatic heterocycles. The lowest BCUT2D eigenvalue weighted by atomic mass is 10.2. The Morgan fingerprint density at radius 2 is 2.19 bits per heavy atom. The van der Waals surface area contributed by atoms with Crippen LogP contribution in [0.2, 0.25) is 0 Å². The van der Waals surface area contributed by atoms with Crippen molar-refractivity contribution in [2.75, 3.05) is 5.32 Å². The second-order valence-corrected chi connectivity index (χ2v) is 4.51. The predicted molar refractivity (Wildman–Crippen MR) is 77.8 cm³/mol. The molecule has 0 fully saturated rings. The standard InChI is InChI=1S/C14H16N4O3/c1-3-10-11(5-4-6-15-10)17-13-14(21)18(8-12(19)20)9(2)7-16-13/h4-7H,3,8H2,1-2H3,(H,16,17)(H,19,20). The summed E-state index contributed by atoms with van der Waals surface area (Å²) in [6.07, 6.45) is 3.85. The van der Waals surface area contributed by atoms with E-state index < -0.39 is 18.1 Å². The number of rotatable bonds is 5. The summed E-state index contributed by atoms with van der Waals surface area (Å²) in [4.78, 5) is 31.4. The van der Waals surface area contributed by atoms with Gasteiger partial charge in [0.15, 0.2) is 5.82 Å². The summed E-state index contributed by atoms with van der Waals surface area (Å²) in [5.41, 5.74) is 1.53. The molecule has 2 rings (SSSR count). The molecule has 0 radical (unpaired) electrons. The quantitative estimate of drug-likeness (QED) is 0.861. The Morgan fingerprint density at radius 1 is 1.43 bits per heavy atom. The molecule has 0 amide bonds. The van der Waals surface area contributed by atoms with E-state index in [0.29, 0.717) is 17.8 Å². The van der Waals surface area contributed by atoms with Gasteiger partial charge in [0.2, 0.25) is 0 Å². The number of carboxylic acid groups (broad SMARTS) is 1. The van der Waals surface area contributed by atoms with Crippen molar-refractivity contribution in [1.29, 1.82) is 0 Å². The van der Waals surface area contributed by atoms with Gasteiger partial charge in [0.05, 0.1) is 11.4 Å². The normalized spacial score (nSPS) is 10.4. The number of carbonyl (C=O) groups is 1. The molecule has 2 heterocycles. The fraction of sp³-hybridized carbons (Fsp3) is 0.286. The molecule has 2 N–H and O–H groups in total. The van der Waals surface area contributed by atoms with Gasteiger partial charge in [-0.1, -0.05) is 6.92 Å². The maximum absolute atomic E-state index is 12.3. The van der Waals surface area contributed by atoms with Crippen molar-refractivity contribution >= 4 is 17.5 Å². The van der Waals surface area contributed by atoms with Crippen molar-refractivity contribution in [3.05, 3.63) is 46.3 Å². The zero-order valence-corrected chi connectivity index (χ0v) is 11.8. The summed E-state index contributed by atoms with van der Waals surface area (Å²) >= 11 is 0. The van der Waals surface area contributed by atoms with Crippen LogP contribution in [0.5, 0.6) is 0 Å². The second-order valence-electron chi connectivity index (χ2n) is 4.51. The van der Waals surface area contributed by atoms with Crippen molar-refractivity contribution in [2.45, 2.75) is 26.8 Å². The molecule has 0 aromatic carbocycles. The molecule has 2 aromatic heterocycles. The molecule has 7 heteroatoms. The minimum Gasteiger partial charge on any atom is -0.480 e.